The number of amides is 1. The quantitative estimate of drug-likeness (QED) is 0.537. The van der Waals surface area contributed by atoms with Gasteiger partial charge < -0.3 is 5.32 Å². The third-order valence-electron chi connectivity index (χ3n) is 3.94. The molecular weight excluding hydrogens is 361 g/mol. The van der Waals surface area contributed by atoms with Crippen LogP contribution in [0, 0.1) is 15.9 Å². The van der Waals surface area contributed by atoms with Crippen molar-refractivity contribution in [2.45, 2.75) is 0 Å². The smallest absolute Gasteiger partial charge is 0.318 e. The van der Waals surface area contributed by atoms with E-state index in [1.807, 2.05) is 0 Å². The Hall–Kier alpha value is -3.89. The predicted molar refractivity (Wildman–Crippen MR) is 93.2 cm³/mol. The standard InChI is InChI=1S/C16H12FN5O5/c1-20-13-9(15(24)21(2)16(20)25)4-6-11(18-13)14(23)19-12-7-8(22(26)27)3-5-10(12)17/h3-7H,1-2H3,(H,19,23). The van der Waals surface area contributed by atoms with Crippen molar-refractivity contribution in [3.63, 3.8) is 0 Å². The van der Waals surface area contributed by atoms with Crippen molar-refractivity contribution >= 4 is 28.3 Å². The summed E-state index contributed by atoms with van der Waals surface area (Å²) < 4.78 is 15.8. The first kappa shape index (κ1) is 17.9. The summed E-state index contributed by atoms with van der Waals surface area (Å²) in [6, 6.07) is 5.25. The summed E-state index contributed by atoms with van der Waals surface area (Å²) >= 11 is 0. The molecule has 0 radical (unpaired) electrons. The lowest BCUT2D eigenvalue weighted by atomic mass is 10.2. The maximum absolute atomic E-state index is 13.8. The second-order valence-corrected chi connectivity index (χ2v) is 5.65. The van der Waals surface area contributed by atoms with Crippen LogP contribution in [0.2, 0.25) is 0 Å². The first-order valence-electron chi connectivity index (χ1n) is 7.52. The van der Waals surface area contributed by atoms with Crippen LogP contribution in [0.15, 0.2) is 39.9 Å². The molecule has 2 heterocycles. The number of anilines is 1. The molecule has 0 spiro atoms. The van der Waals surface area contributed by atoms with Crippen LogP contribution in [0.3, 0.4) is 0 Å². The van der Waals surface area contributed by atoms with Gasteiger partial charge in [-0.3, -0.25) is 28.8 Å². The number of rotatable bonds is 3. The Labute approximate surface area is 149 Å². The zero-order valence-corrected chi connectivity index (χ0v) is 14.1. The van der Waals surface area contributed by atoms with Gasteiger partial charge >= 0.3 is 5.69 Å². The molecular formula is C16H12FN5O5. The van der Waals surface area contributed by atoms with Gasteiger partial charge in [0.2, 0.25) is 0 Å². The first-order valence-corrected chi connectivity index (χ1v) is 7.52. The van der Waals surface area contributed by atoms with Gasteiger partial charge in [0.25, 0.3) is 17.2 Å². The molecule has 0 saturated carbocycles. The number of hydrogen-bond acceptors (Lipinski definition) is 6. The van der Waals surface area contributed by atoms with Crippen LogP contribution in [-0.2, 0) is 14.1 Å². The number of aromatic nitrogens is 3. The van der Waals surface area contributed by atoms with E-state index in [1.54, 1.807) is 0 Å². The number of hydrogen-bond donors (Lipinski definition) is 1. The Morgan fingerprint density at radius 3 is 2.56 bits per heavy atom. The number of halogens is 1. The average Bonchev–Trinajstić information content (AvgIpc) is 2.65. The molecule has 3 aromatic rings. The number of nitrogens with zero attached hydrogens (tertiary/aromatic N) is 4. The molecule has 11 heteroatoms. The van der Waals surface area contributed by atoms with E-state index in [9.17, 15) is 28.9 Å². The molecule has 0 bridgehead atoms. The van der Waals surface area contributed by atoms with Crippen LogP contribution in [0.25, 0.3) is 11.0 Å². The lowest BCUT2D eigenvalue weighted by molar-refractivity contribution is -0.384. The number of non-ortho nitro benzene ring substituents is 1. The summed E-state index contributed by atoms with van der Waals surface area (Å²) in [5.41, 5.74) is -2.20. The van der Waals surface area contributed by atoms with E-state index < -0.39 is 39.3 Å². The van der Waals surface area contributed by atoms with E-state index in [2.05, 4.69) is 10.3 Å². The highest BCUT2D eigenvalue weighted by Gasteiger charge is 2.17. The highest BCUT2D eigenvalue weighted by Crippen LogP contribution is 2.21. The minimum Gasteiger partial charge on any atom is -0.318 e. The molecule has 1 amide bonds. The largest absolute Gasteiger partial charge is 0.332 e. The molecule has 0 unspecified atom stereocenters. The Balaban J connectivity index is 2.05. The van der Waals surface area contributed by atoms with Crippen molar-refractivity contribution in [2.24, 2.45) is 14.1 Å². The third kappa shape index (κ3) is 3.05. The van der Waals surface area contributed by atoms with E-state index in [1.165, 1.54) is 26.2 Å². The number of nitrogens with one attached hydrogen (secondary N) is 1. The molecule has 27 heavy (non-hydrogen) atoms. The topological polar surface area (TPSA) is 129 Å². The highest BCUT2D eigenvalue weighted by atomic mass is 19.1. The fraction of sp³-hybridized carbons (Fsp3) is 0.125. The van der Waals surface area contributed by atoms with Crippen LogP contribution in [-0.4, -0.2) is 24.9 Å². The second kappa shape index (κ2) is 6.44. The zero-order valence-electron chi connectivity index (χ0n) is 14.1. The van der Waals surface area contributed by atoms with Gasteiger partial charge in [0, 0.05) is 26.2 Å². The summed E-state index contributed by atoms with van der Waals surface area (Å²) in [6.45, 7) is 0. The predicted octanol–water partition coefficient (Wildman–Crippen LogP) is 0.932. The second-order valence-electron chi connectivity index (χ2n) is 5.65. The minimum absolute atomic E-state index is 0.0183. The fourth-order valence-electron chi connectivity index (χ4n) is 2.49. The Morgan fingerprint density at radius 1 is 1.19 bits per heavy atom. The van der Waals surface area contributed by atoms with Crippen molar-refractivity contribution in [1.82, 2.24) is 14.1 Å². The molecule has 0 fully saturated rings. The molecule has 0 aliphatic carbocycles. The van der Waals surface area contributed by atoms with Gasteiger partial charge in [-0.1, -0.05) is 0 Å². The first-order chi connectivity index (χ1) is 12.7. The van der Waals surface area contributed by atoms with Crippen LogP contribution in [0.4, 0.5) is 15.8 Å². The normalized spacial score (nSPS) is 10.8. The van der Waals surface area contributed by atoms with Crippen molar-refractivity contribution in [1.29, 1.82) is 0 Å². The Bertz CT molecular complexity index is 1230. The third-order valence-corrected chi connectivity index (χ3v) is 3.94. The summed E-state index contributed by atoms with van der Waals surface area (Å²) in [6.07, 6.45) is 0. The monoisotopic (exact) mass is 373 g/mol. The van der Waals surface area contributed by atoms with Gasteiger partial charge in [0.15, 0.2) is 0 Å². The van der Waals surface area contributed by atoms with Gasteiger partial charge in [-0.05, 0) is 18.2 Å². The number of nitro groups is 1. The lowest BCUT2D eigenvalue weighted by Crippen LogP contribution is -2.37. The lowest BCUT2D eigenvalue weighted by Gasteiger charge is -2.09. The van der Waals surface area contributed by atoms with Crippen molar-refractivity contribution in [2.75, 3.05) is 5.32 Å². The SMILES string of the molecule is Cn1c(=O)c2ccc(C(=O)Nc3cc([N+](=O)[O-])ccc3F)nc2n(C)c1=O. The van der Waals surface area contributed by atoms with Crippen LogP contribution >= 0.6 is 0 Å². The van der Waals surface area contributed by atoms with Crippen LogP contribution < -0.4 is 16.6 Å². The number of carbonyl (C=O) groups is 1. The van der Waals surface area contributed by atoms with Gasteiger partial charge in [-0.2, -0.15) is 0 Å². The number of fused-ring (bicyclic) bond motifs is 1. The van der Waals surface area contributed by atoms with E-state index in [-0.39, 0.29) is 16.7 Å². The van der Waals surface area contributed by atoms with E-state index in [0.29, 0.717) is 0 Å². The Kier molecular flexibility index (Phi) is 4.27. The number of pyridine rings is 1. The van der Waals surface area contributed by atoms with Crippen LogP contribution in [0.1, 0.15) is 10.5 Å². The number of nitro benzene ring substituents is 1. The summed E-state index contributed by atoms with van der Waals surface area (Å²) in [5, 5.41) is 13.1. The molecule has 0 aliphatic heterocycles. The van der Waals surface area contributed by atoms with Gasteiger partial charge in [-0.25, -0.2) is 14.2 Å². The molecule has 1 aromatic carbocycles. The zero-order chi connectivity index (χ0) is 19.9. The molecule has 0 aliphatic rings. The van der Waals surface area contributed by atoms with Crippen molar-refractivity contribution < 1.29 is 14.1 Å². The van der Waals surface area contributed by atoms with Gasteiger partial charge in [0.05, 0.1) is 16.0 Å². The summed E-state index contributed by atoms with van der Waals surface area (Å²) in [5.74, 6) is -1.72. The molecule has 2 aromatic heterocycles. The number of benzene rings is 1. The molecule has 0 atom stereocenters. The molecule has 3 rings (SSSR count). The highest BCUT2D eigenvalue weighted by molar-refractivity contribution is 6.04. The maximum atomic E-state index is 13.8. The summed E-state index contributed by atoms with van der Waals surface area (Å²) in [7, 11) is 2.70. The van der Waals surface area contributed by atoms with Gasteiger partial charge in [0.1, 0.15) is 17.2 Å². The number of carbonyl (C=O) groups excluding carboxylic acids is 1. The maximum Gasteiger partial charge on any atom is 0.332 e. The minimum atomic E-state index is -0.865. The van der Waals surface area contributed by atoms with E-state index >= 15 is 0 Å². The molecule has 0 saturated heterocycles. The van der Waals surface area contributed by atoms with Crippen LogP contribution in [0.5, 0.6) is 0 Å². The number of aryl methyl sites for hydroxylation is 1. The summed E-state index contributed by atoms with van der Waals surface area (Å²) in [4.78, 5) is 50.5. The van der Waals surface area contributed by atoms with E-state index in [0.717, 1.165) is 27.3 Å². The van der Waals surface area contributed by atoms with Gasteiger partial charge in [-0.15, -0.1) is 0 Å². The van der Waals surface area contributed by atoms with Crippen molar-refractivity contribution in [3.8, 4) is 0 Å². The van der Waals surface area contributed by atoms with Crippen molar-refractivity contribution in [3.05, 3.63) is 72.8 Å². The molecule has 1 N–H and O–H groups in total. The molecule has 10 nitrogen and oxygen atoms in total. The molecule has 138 valence electrons. The fourth-order valence-corrected chi connectivity index (χ4v) is 2.49. The van der Waals surface area contributed by atoms with E-state index in [4.69, 9.17) is 0 Å². The average molecular weight is 373 g/mol. The Morgan fingerprint density at radius 2 is 1.89 bits per heavy atom.